The van der Waals surface area contributed by atoms with E-state index >= 15 is 0 Å². The Bertz CT molecular complexity index is 395. The van der Waals surface area contributed by atoms with Crippen molar-refractivity contribution in [3.63, 3.8) is 0 Å². The van der Waals surface area contributed by atoms with Crippen molar-refractivity contribution in [3.8, 4) is 0 Å². The maximum Gasteiger partial charge on any atom is 0.246 e. The van der Waals surface area contributed by atoms with Gasteiger partial charge in [-0.3, -0.25) is 9.59 Å². The molecule has 4 nitrogen and oxygen atoms in total. The first kappa shape index (κ1) is 16.7. The van der Waals surface area contributed by atoms with Crippen LogP contribution in [0.1, 0.15) is 48.0 Å². The number of carbonyl (C=O) groups excluding carboxylic acids is 2. The molecule has 0 saturated carbocycles. The zero-order valence-electron chi connectivity index (χ0n) is 13.6. The standard InChI is InChI=1S/C16H28N2O2/c1-10(2)7-8-18-13(9-11(3)4)15(19)17-14(12(5)6)16(18)20/h7,11-14H,8-9H2,1-6H3,(H,17,19). The predicted octanol–water partition coefficient (Wildman–Crippen LogP) is 2.35. The highest BCUT2D eigenvalue weighted by atomic mass is 16.2. The maximum atomic E-state index is 12.6. The molecule has 0 aromatic rings. The summed E-state index contributed by atoms with van der Waals surface area (Å²) < 4.78 is 0. The van der Waals surface area contributed by atoms with E-state index in [9.17, 15) is 9.59 Å². The molecule has 1 fully saturated rings. The summed E-state index contributed by atoms with van der Waals surface area (Å²) in [7, 11) is 0. The van der Waals surface area contributed by atoms with Gasteiger partial charge in [0.15, 0.2) is 0 Å². The Morgan fingerprint density at radius 2 is 1.85 bits per heavy atom. The minimum absolute atomic E-state index is 0.0147. The molecule has 2 atom stereocenters. The summed E-state index contributed by atoms with van der Waals surface area (Å²) in [5.41, 5.74) is 1.16. The Kier molecular flexibility index (Phi) is 5.78. The number of nitrogens with one attached hydrogen (secondary N) is 1. The zero-order valence-corrected chi connectivity index (χ0v) is 13.6. The molecular weight excluding hydrogens is 252 g/mol. The minimum Gasteiger partial charge on any atom is -0.342 e. The van der Waals surface area contributed by atoms with E-state index in [1.54, 1.807) is 4.90 Å². The highest BCUT2D eigenvalue weighted by Crippen LogP contribution is 2.20. The normalized spacial score (nSPS) is 23.3. The van der Waals surface area contributed by atoms with E-state index in [4.69, 9.17) is 0 Å². The lowest BCUT2D eigenvalue weighted by atomic mass is 9.93. The first-order valence-corrected chi connectivity index (χ1v) is 7.48. The van der Waals surface area contributed by atoms with Crippen LogP contribution in [0.25, 0.3) is 0 Å². The molecule has 114 valence electrons. The van der Waals surface area contributed by atoms with E-state index in [1.165, 1.54) is 0 Å². The van der Waals surface area contributed by atoms with Gasteiger partial charge in [-0.1, -0.05) is 39.3 Å². The van der Waals surface area contributed by atoms with E-state index in [0.717, 1.165) is 5.57 Å². The third-order valence-electron chi connectivity index (χ3n) is 3.58. The number of hydrogen-bond donors (Lipinski definition) is 1. The number of nitrogens with zero attached hydrogens (tertiary/aromatic N) is 1. The van der Waals surface area contributed by atoms with Gasteiger partial charge in [0, 0.05) is 6.54 Å². The van der Waals surface area contributed by atoms with Crippen LogP contribution >= 0.6 is 0 Å². The van der Waals surface area contributed by atoms with Gasteiger partial charge in [-0.15, -0.1) is 0 Å². The highest BCUT2D eigenvalue weighted by molar-refractivity contribution is 5.97. The van der Waals surface area contributed by atoms with Gasteiger partial charge in [0.1, 0.15) is 12.1 Å². The number of rotatable bonds is 5. The molecule has 0 aromatic heterocycles. The van der Waals surface area contributed by atoms with Crippen molar-refractivity contribution in [2.24, 2.45) is 11.8 Å². The Morgan fingerprint density at radius 1 is 1.25 bits per heavy atom. The fourth-order valence-electron chi connectivity index (χ4n) is 2.42. The minimum atomic E-state index is -0.392. The van der Waals surface area contributed by atoms with Gasteiger partial charge in [-0.05, 0) is 32.1 Å². The molecule has 0 aliphatic carbocycles. The summed E-state index contributed by atoms with van der Waals surface area (Å²) in [6.07, 6.45) is 2.72. The molecule has 4 heteroatoms. The van der Waals surface area contributed by atoms with Crippen molar-refractivity contribution >= 4 is 11.8 Å². The van der Waals surface area contributed by atoms with Crippen LogP contribution in [0.15, 0.2) is 11.6 Å². The molecule has 1 N–H and O–H groups in total. The molecule has 0 bridgehead atoms. The zero-order chi connectivity index (χ0) is 15.4. The van der Waals surface area contributed by atoms with Crippen LogP contribution in [0, 0.1) is 11.8 Å². The fraction of sp³-hybridized carbons (Fsp3) is 0.750. The van der Waals surface area contributed by atoms with Crippen molar-refractivity contribution in [1.29, 1.82) is 0 Å². The van der Waals surface area contributed by atoms with Crippen LogP contribution in [0.4, 0.5) is 0 Å². The van der Waals surface area contributed by atoms with Crippen LogP contribution in [0.3, 0.4) is 0 Å². The second-order valence-corrected chi connectivity index (χ2v) is 6.65. The molecule has 1 aliphatic heterocycles. The Labute approximate surface area is 122 Å². The van der Waals surface area contributed by atoms with E-state index in [1.807, 2.05) is 33.8 Å². The first-order valence-electron chi connectivity index (χ1n) is 7.48. The van der Waals surface area contributed by atoms with Crippen LogP contribution < -0.4 is 5.32 Å². The molecule has 20 heavy (non-hydrogen) atoms. The molecule has 2 unspecified atom stereocenters. The maximum absolute atomic E-state index is 12.6. The molecule has 0 radical (unpaired) electrons. The molecular formula is C16H28N2O2. The lowest BCUT2D eigenvalue weighted by molar-refractivity contribution is -0.150. The van der Waals surface area contributed by atoms with Crippen molar-refractivity contribution in [2.45, 2.75) is 60.0 Å². The summed E-state index contributed by atoms with van der Waals surface area (Å²) in [5.74, 6) is 0.519. The van der Waals surface area contributed by atoms with Gasteiger partial charge in [0.05, 0.1) is 0 Å². The van der Waals surface area contributed by atoms with Crippen molar-refractivity contribution < 1.29 is 9.59 Å². The van der Waals surface area contributed by atoms with Gasteiger partial charge < -0.3 is 10.2 Å². The molecule has 1 aliphatic rings. The third-order valence-corrected chi connectivity index (χ3v) is 3.58. The van der Waals surface area contributed by atoms with E-state index in [-0.39, 0.29) is 23.8 Å². The Balaban J connectivity index is 3.00. The number of amides is 2. The summed E-state index contributed by atoms with van der Waals surface area (Å²) in [5, 5.41) is 2.89. The van der Waals surface area contributed by atoms with Crippen LogP contribution in [-0.2, 0) is 9.59 Å². The number of hydrogen-bond acceptors (Lipinski definition) is 2. The van der Waals surface area contributed by atoms with Gasteiger partial charge in [0.2, 0.25) is 11.8 Å². The van der Waals surface area contributed by atoms with Crippen molar-refractivity contribution in [3.05, 3.63) is 11.6 Å². The second kappa shape index (κ2) is 6.91. The second-order valence-electron chi connectivity index (χ2n) is 6.65. The Hall–Kier alpha value is -1.32. The van der Waals surface area contributed by atoms with Gasteiger partial charge in [-0.25, -0.2) is 0 Å². The van der Waals surface area contributed by atoms with Crippen LogP contribution in [0.5, 0.6) is 0 Å². The third kappa shape index (κ3) is 4.09. The van der Waals surface area contributed by atoms with Gasteiger partial charge in [-0.2, -0.15) is 0 Å². The number of carbonyl (C=O) groups is 2. The smallest absolute Gasteiger partial charge is 0.246 e. The first-order chi connectivity index (χ1) is 9.23. The largest absolute Gasteiger partial charge is 0.342 e. The molecule has 0 aromatic carbocycles. The quantitative estimate of drug-likeness (QED) is 0.786. The number of allylic oxidation sites excluding steroid dienone is 1. The van der Waals surface area contributed by atoms with E-state index in [2.05, 4.69) is 19.2 Å². The topological polar surface area (TPSA) is 49.4 Å². The van der Waals surface area contributed by atoms with Crippen LogP contribution in [-0.4, -0.2) is 35.3 Å². The molecule has 1 rings (SSSR count). The number of piperazine rings is 1. The molecule has 1 heterocycles. The predicted molar refractivity (Wildman–Crippen MR) is 81.2 cm³/mol. The van der Waals surface area contributed by atoms with Gasteiger partial charge in [0.25, 0.3) is 0 Å². The van der Waals surface area contributed by atoms with Gasteiger partial charge >= 0.3 is 0 Å². The van der Waals surface area contributed by atoms with Crippen LogP contribution in [0.2, 0.25) is 0 Å². The van der Waals surface area contributed by atoms with E-state index in [0.29, 0.717) is 18.9 Å². The summed E-state index contributed by atoms with van der Waals surface area (Å²) >= 11 is 0. The fourth-order valence-corrected chi connectivity index (χ4v) is 2.42. The summed E-state index contributed by atoms with van der Waals surface area (Å²) in [4.78, 5) is 26.7. The Morgan fingerprint density at radius 3 is 2.30 bits per heavy atom. The van der Waals surface area contributed by atoms with Crippen molar-refractivity contribution in [1.82, 2.24) is 10.2 Å². The molecule has 1 saturated heterocycles. The summed E-state index contributed by atoms with van der Waals surface area (Å²) in [6.45, 7) is 12.6. The monoisotopic (exact) mass is 280 g/mol. The average molecular weight is 280 g/mol. The highest BCUT2D eigenvalue weighted by Gasteiger charge is 2.41. The average Bonchev–Trinajstić information content (AvgIpc) is 2.31. The van der Waals surface area contributed by atoms with Crippen molar-refractivity contribution in [2.75, 3.05) is 6.54 Å². The SMILES string of the molecule is CC(C)=CCN1C(=O)C(C(C)C)NC(=O)C1CC(C)C. The van der Waals surface area contributed by atoms with E-state index < -0.39 is 6.04 Å². The lowest BCUT2D eigenvalue weighted by Gasteiger charge is -2.40. The molecule has 0 spiro atoms. The molecule has 2 amide bonds. The summed E-state index contributed by atoms with van der Waals surface area (Å²) in [6, 6.07) is -0.732. The lowest BCUT2D eigenvalue weighted by Crippen LogP contribution is -2.64.